The van der Waals surface area contributed by atoms with Gasteiger partial charge in [-0.05, 0) is 76.3 Å². The third-order valence-electron chi connectivity index (χ3n) is 5.63. The molecule has 1 heterocycles. The lowest BCUT2D eigenvalue weighted by molar-refractivity contribution is 0.0503. The average molecular weight is 480 g/mol. The van der Waals surface area contributed by atoms with Crippen LogP contribution in [0.15, 0.2) is 40.9 Å². The minimum atomic E-state index is -0.541. The molecule has 1 aliphatic carbocycles. The smallest absolute Gasteiger partial charge is 0.408 e. The molecule has 0 saturated carbocycles. The minimum Gasteiger partial charge on any atom is -0.490 e. The van der Waals surface area contributed by atoms with Gasteiger partial charge in [-0.2, -0.15) is 4.98 Å². The van der Waals surface area contributed by atoms with Gasteiger partial charge in [-0.1, -0.05) is 29.4 Å². The molecule has 4 rings (SSSR count). The molecule has 186 valence electrons. The first-order valence-electron chi connectivity index (χ1n) is 12.1. The normalized spacial score (nSPS) is 14.9. The van der Waals surface area contributed by atoms with E-state index in [4.69, 9.17) is 18.7 Å². The van der Waals surface area contributed by atoms with Crippen LogP contribution >= 0.6 is 0 Å². The van der Waals surface area contributed by atoms with Crippen LogP contribution in [0.3, 0.4) is 0 Å². The number of amides is 1. The zero-order chi connectivity index (χ0) is 25.0. The molecule has 1 atom stereocenters. The van der Waals surface area contributed by atoms with Crippen molar-refractivity contribution in [3.63, 3.8) is 0 Å². The second-order valence-corrected chi connectivity index (χ2v) is 9.45. The van der Waals surface area contributed by atoms with Gasteiger partial charge in [0.1, 0.15) is 5.60 Å². The number of nitrogens with zero attached hydrogens (tertiary/aromatic N) is 2. The van der Waals surface area contributed by atoms with E-state index in [1.807, 2.05) is 71.0 Å². The monoisotopic (exact) mass is 479 g/mol. The van der Waals surface area contributed by atoms with Crippen molar-refractivity contribution in [2.45, 2.75) is 65.5 Å². The highest BCUT2D eigenvalue weighted by atomic mass is 16.6. The number of carbonyl (C=O) groups is 1. The van der Waals surface area contributed by atoms with Gasteiger partial charge in [0, 0.05) is 5.56 Å². The van der Waals surface area contributed by atoms with Crippen molar-refractivity contribution in [3.05, 3.63) is 59.0 Å². The van der Waals surface area contributed by atoms with Crippen LogP contribution in [0.1, 0.15) is 69.7 Å². The van der Waals surface area contributed by atoms with E-state index in [2.05, 4.69) is 15.5 Å². The Kier molecular flexibility index (Phi) is 7.28. The SMILES string of the molecule is CCOc1ccc(Cc2nc(-c3cccc4c3CC[C@H]4NC(=O)OC(C)(C)C)no2)cc1OCC. The molecule has 1 amide bonds. The molecule has 35 heavy (non-hydrogen) atoms. The highest BCUT2D eigenvalue weighted by molar-refractivity contribution is 5.70. The van der Waals surface area contributed by atoms with Crippen LogP contribution in [0, 0.1) is 0 Å². The van der Waals surface area contributed by atoms with Gasteiger partial charge in [0.15, 0.2) is 11.5 Å². The van der Waals surface area contributed by atoms with Crippen LogP contribution in [-0.2, 0) is 17.6 Å². The Morgan fingerprint density at radius 3 is 2.63 bits per heavy atom. The van der Waals surface area contributed by atoms with Gasteiger partial charge in [0.2, 0.25) is 11.7 Å². The number of hydrogen-bond acceptors (Lipinski definition) is 7. The van der Waals surface area contributed by atoms with Crippen molar-refractivity contribution in [1.29, 1.82) is 0 Å². The molecule has 3 aromatic rings. The van der Waals surface area contributed by atoms with E-state index < -0.39 is 11.7 Å². The van der Waals surface area contributed by atoms with E-state index in [0.717, 1.165) is 40.8 Å². The van der Waals surface area contributed by atoms with Crippen LogP contribution < -0.4 is 14.8 Å². The maximum absolute atomic E-state index is 12.3. The van der Waals surface area contributed by atoms with E-state index in [-0.39, 0.29) is 6.04 Å². The van der Waals surface area contributed by atoms with Crippen LogP contribution in [0.5, 0.6) is 11.5 Å². The number of fused-ring (bicyclic) bond motifs is 1. The van der Waals surface area contributed by atoms with Crippen LogP contribution in [0.25, 0.3) is 11.4 Å². The maximum Gasteiger partial charge on any atom is 0.408 e. The molecular formula is C27H33N3O5. The fourth-order valence-corrected chi connectivity index (χ4v) is 4.28. The van der Waals surface area contributed by atoms with E-state index in [9.17, 15) is 4.79 Å². The van der Waals surface area contributed by atoms with Crippen molar-refractivity contribution in [2.75, 3.05) is 13.2 Å². The molecule has 1 N–H and O–H groups in total. The van der Waals surface area contributed by atoms with E-state index in [1.54, 1.807) is 0 Å². The molecule has 0 bridgehead atoms. The molecular weight excluding hydrogens is 446 g/mol. The highest BCUT2D eigenvalue weighted by Gasteiger charge is 2.29. The van der Waals surface area contributed by atoms with Crippen LogP contribution in [0.4, 0.5) is 4.79 Å². The summed E-state index contributed by atoms with van der Waals surface area (Å²) in [6.45, 7) is 10.6. The van der Waals surface area contributed by atoms with E-state index in [1.165, 1.54) is 0 Å². The lowest BCUT2D eigenvalue weighted by Crippen LogP contribution is -2.34. The largest absolute Gasteiger partial charge is 0.490 e. The Labute approximate surface area is 206 Å². The predicted octanol–water partition coefficient (Wildman–Crippen LogP) is 5.64. The van der Waals surface area contributed by atoms with E-state index >= 15 is 0 Å². The maximum atomic E-state index is 12.3. The fourth-order valence-electron chi connectivity index (χ4n) is 4.28. The average Bonchev–Trinajstić information content (AvgIpc) is 3.42. The lowest BCUT2D eigenvalue weighted by atomic mass is 10.0. The number of aromatic nitrogens is 2. The van der Waals surface area contributed by atoms with Crippen molar-refractivity contribution in [3.8, 4) is 22.9 Å². The third kappa shape index (κ3) is 5.93. The number of hydrogen-bond donors (Lipinski definition) is 1. The number of rotatable bonds is 8. The summed E-state index contributed by atoms with van der Waals surface area (Å²) < 4.78 is 22.4. The highest BCUT2D eigenvalue weighted by Crippen LogP contribution is 2.37. The number of carbonyl (C=O) groups excluding carboxylic acids is 1. The fraction of sp³-hybridized carbons (Fsp3) is 0.444. The van der Waals surface area contributed by atoms with Gasteiger partial charge in [-0.3, -0.25) is 0 Å². The topological polar surface area (TPSA) is 95.7 Å². The lowest BCUT2D eigenvalue weighted by Gasteiger charge is -2.22. The van der Waals surface area contributed by atoms with Gasteiger partial charge in [0.25, 0.3) is 0 Å². The standard InChI is InChI=1S/C27H33N3O5/c1-6-32-22-14-11-17(15-23(22)33-7-2)16-24-29-25(30-35-24)20-10-8-9-19-18(20)12-13-21(19)28-26(31)34-27(3,4)5/h8-11,14-15,21H,6-7,12-13,16H2,1-5H3,(H,28,31)/t21-/m1/s1. The zero-order valence-electron chi connectivity index (χ0n) is 21.0. The summed E-state index contributed by atoms with van der Waals surface area (Å²) >= 11 is 0. The Morgan fingerprint density at radius 2 is 1.89 bits per heavy atom. The van der Waals surface area contributed by atoms with Crippen LogP contribution in [0.2, 0.25) is 0 Å². The summed E-state index contributed by atoms with van der Waals surface area (Å²) in [5.74, 6) is 2.49. The first-order valence-corrected chi connectivity index (χ1v) is 12.1. The van der Waals surface area contributed by atoms with Crippen molar-refractivity contribution in [1.82, 2.24) is 15.5 Å². The molecule has 1 aliphatic rings. The summed E-state index contributed by atoms with van der Waals surface area (Å²) in [4.78, 5) is 16.9. The van der Waals surface area contributed by atoms with Crippen molar-refractivity contribution in [2.24, 2.45) is 0 Å². The first-order chi connectivity index (χ1) is 16.8. The summed E-state index contributed by atoms with van der Waals surface area (Å²) in [5, 5.41) is 7.24. The van der Waals surface area contributed by atoms with Gasteiger partial charge in [-0.25, -0.2) is 4.79 Å². The molecule has 1 aromatic heterocycles. The molecule has 0 radical (unpaired) electrons. The molecule has 8 nitrogen and oxygen atoms in total. The second-order valence-electron chi connectivity index (χ2n) is 9.45. The Balaban J connectivity index is 1.51. The summed E-state index contributed by atoms with van der Waals surface area (Å²) in [6, 6.07) is 11.7. The zero-order valence-corrected chi connectivity index (χ0v) is 21.0. The molecule has 0 aliphatic heterocycles. The van der Waals surface area contributed by atoms with Crippen molar-refractivity contribution >= 4 is 6.09 Å². The Morgan fingerprint density at radius 1 is 1.11 bits per heavy atom. The third-order valence-corrected chi connectivity index (χ3v) is 5.63. The van der Waals surface area contributed by atoms with E-state index in [0.29, 0.717) is 37.1 Å². The van der Waals surface area contributed by atoms with Gasteiger partial charge >= 0.3 is 6.09 Å². The molecule has 8 heteroatoms. The second kappa shape index (κ2) is 10.4. The summed E-state index contributed by atoms with van der Waals surface area (Å²) in [7, 11) is 0. The Hall–Kier alpha value is -3.55. The van der Waals surface area contributed by atoms with Gasteiger partial charge in [0.05, 0.1) is 25.7 Å². The Bertz CT molecular complexity index is 1180. The van der Waals surface area contributed by atoms with Crippen LogP contribution in [-0.4, -0.2) is 35.0 Å². The minimum absolute atomic E-state index is 0.105. The molecule has 0 saturated heterocycles. The van der Waals surface area contributed by atoms with Crippen molar-refractivity contribution < 1.29 is 23.5 Å². The molecule has 0 fully saturated rings. The van der Waals surface area contributed by atoms with Gasteiger partial charge in [-0.15, -0.1) is 0 Å². The molecule has 0 unspecified atom stereocenters. The predicted molar refractivity (Wildman–Crippen MR) is 132 cm³/mol. The number of benzene rings is 2. The first kappa shape index (κ1) is 24.6. The number of alkyl carbamates (subject to hydrolysis) is 1. The number of nitrogens with one attached hydrogen (secondary N) is 1. The number of ether oxygens (including phenoxy) is 3. The quantitative estimate of drug-likeness (QED) is 0.447. The van der Waals surface area contributed by atoms with Gasteiger partial charge < -0.3 is 24.1 Å². The molecule has 2 aromatic carbocycles. The summed E-state index contributed by atoms with van der Waals surface area (Å²) in [6.07, 6.45) is 1.68. The molecule has 0 spiro atoms. The summed E-state index contributed by atoms with van der Waals surface area (Å²) in [5.41, 5.74) is 3.56.